The molecule has 0 fully saturated rings. The molecular weight excluding hydrogens is 360 g/mol. The van der Waals surface area contributed by atoms with E-state index < -0.39 is 0 Å². The number of nitrogens with one attached hydrogen (secondary N) is 1. The predicted octanol–water partition coefficient (Wildman–Crippen LogP) is 4.72. The van der Waals surface area contributed by atoms with Gasteiger partial charge in [-0.2, -0.15) is 5.10 Å². The van der Waals surface area contributed by atoms with E-state index in [1.165, 1.54) is 5.39 Å². The standard InChI is InChI=1S/C24H24N4O/c1-17-24(18(2)28(26-17)21-11-5-4-6-12-21)25-23(29)16-27(3)22-14-13-19-9-7-8-10-20(19)15-22/h4-15H,16H2,1-3H3,(H,25,29). The Labute approximate surface area is 170 Å². The summed E-state index contributed by atoms with van der Waals surface area (Å²) >= 11 is 0. The molecule has 0 bridgehead atoms. The van der Waals surface area contributed by atoms with Crippen LogP contribution in [0.15, 0.2) is 72.8 Å². The second-order valence-corrected chi connectivity index (χ2v) is 7.23. The average molecular weight is 384 g/mol. The van der Waals surface area contributed by atoms with Crippen molar-refractivity contribution < 1.29 is 4.79 Å². The van der Waals surface area contributed by atoms with Gasteiger partial charge in [0.25, 0.3) is 0 Å². The van der Waals surface area contributed by atoms with Crippen molar-refractivity contribution >= 4 is 28.1 Å². The Hall–Kier alpha value is -3.60. The van der Waals surface area contributed by atoms with E-state index in [2.05, 4.69) is 34.7 Å². The van der Waals surface area contributed by atoms with Crippen molar-refractivity contribution in [2.75, 3.05) is 23.8 Å². The highest BCUT2D eigenvalue weighted by molar-refractivity contribution is 5.95. The zero-order chi connectivity index (χ0) is 20.4. The number of benzene rings is 3. The minimum Gasteiger partial charge on any atom is -0.365 e. The molecule has 0 aliphatic heterocycles. The van der Waals surface area contributed by atoms with Gasteiger partial charge in [-0.15, -0.1) is 0 Å². The second kappa shape index (κ2) is 7.80. The molecule has 4 rings (SSSR count). The third-order valence-corrected chi connectivity index (χ3v) is 5.11. The summed E-state index contributed by atoms with van der Waals surface area (Å²) in [6.07, 6.45) is 0. The summed E-state index contributed by atoms with van der Waals surface area (Å²) in [5.74, 6) is -0.0699. The lowest BCUT2D eigenvalue weighted by atomic mass is 10.1. The van der Waals surface area contributed by atoms with E-state index in [0.29, 0.717) is 0 Å². The Morgan fingerprint density at radius 1 is 0.966 bits per heavy atom. The monoisotopic (exact) mass is 384 g/mol. The third kappa shape index (κ3) is 3.85. The molecule has 29 heavy (non-hydrogen) atoms. The summed E-state index contributed by atoms with van der Waals surface area (Å²) in [6, 6.07) is 24.4. The summed E-state index contributed by atoms with van der Waals surface area (Å²) in [4.78, 5) is 14.7. The van der Waals surface area contributed by atoms with Gasteiger partial charge in [0, 0.05) is 12.7 Å². The molecule has 146 valence electrons. The summed E-state index contributed by atoms with van der Waals surface area (Å²) in [5, 5.41) is 9.98. The number of para-hydroxylation sites is 1. The number of hydrogen-bond acceptors (Lipinski definition) is 3. The van der Waals surface area contributed by atoms with Gasteiger partial charge >= 0.3 is 0 Å². The number of rotatable bonds is 5. The second-order valence-electron chi connectivity index (χ2n) is 7.23. The topological polar surface area (TPSA) is 50.2 Å². The average Bonchev–Trinajstić information content (AvgIpc) is 3.02. The van der Waals surface area contributed by atoms with Crippen LogP contribution in [0.25, 0.3) is 16.5 Å². The van der Waals surface area contributed by atoms with Crippen molar-refractivity contribution in [3.05, 3.63) is 84.2 Å². The number of hydrogen-bond donors (Lipinski definition) is 1. The van der Waals surface area contributed by atoms with Gasteiger partial charge in [-0.3, -0.25) is 4.79 Å². The van der Waals surface area contributed by atoms with E-state index in [0.717, 1.165) is 33.8 Å². The molecule has 0 unspecified atom stereocenters. The van der Waals surface area contributed by atoms with Gasteiger partial charge in [-0.25, -0.2) is 4.68 Å². The first kappa shape index (κ1) is 18.7. The molecule has 5 nitrogen and oxygen atoms in total. The lowest BCUT2D eigenvalue weighted by molar-refractivity contribution is -0.114. The summed E-state index contributed by atoms with van der Waals surface area (Å²) in [5.41, 5.74) is 4.46. The van der Waals surface area contributed by atoms with E-state index in [1.807, 2.05) is 79.0 Å². The normalized spacial score (nSPS) is 10.9. The minimum absolute atomic E-state index is 0.0699. The van der Waals surface area contributed by atoms with Crippen LogP contribution in [0, 0.1) is 13.8 Å². The van der Waals surface area contributed by atoms with Crippen molar-refractivity contribution in [2.24, 2.45) is 0 Å². The van der Waals surface area contributed by atoms with Gasteiger partial charge in [0.15, 0.2) is 0 Å². The fourth-order valence-corrected chi connectivity index (χ4v) is 3.54. The molecule has 0 radical (unpaired) electrons. The number of likely N-dealkylation sites (N-methyl/N-ethyl adjacent to an activating group) is 1. The Morgan fingerprint density at radius 3 is 2.41 bits per heavy atom. The number of carbonyl (C=O) groups excluding carboxylic acids is 1. The van der Waals surface area contributed by atoms with Gasteiger partial charge in [-0.05, 0) is 48.9 Å². The molecule has 1 aromatic heterocycles. The van der Waals surface area contributed by atoms with Crippen LogP contribution >= 0.6 is 0 Å². The van der Waals surface area contributed by atoms with Crippen LogP contribution in [0.1, 0.15) is 11.4 Å². The first-order chi connectivity index (χ1) is 14.0. The van der Waals surface area contributed by atoms with Crippen molar-refractivity contribution in [3.63, 3.8) is 0 Å². The number of fused-ring (bicyclic) bond motifs is 1. The zero-order valence-corrected chi connectivity index (χ0v) is 16.9. The van der Waals surface area contributed by atoms with Gasteiger partial charge in [0.2, 0.25) is 5.91 Å². The minimum atomic E-state index is -0.0699. The zero-order valence-electron chi connectivity index (χ0n) is 16.9. The van der Waals surface area contributed by atoms with Crippen LogP contribution in [0.3, 0.4) is 0 Å². The maximum Gasteiger partial charge on any atom is 0.243 e. The SMILES string of the molecule is Cc1nn(-c2ccccc2)c(C)c1NC(=O)CN(C)c1ccc2ccccc2c1. The molecule has 5 heteroatoms. The largest absolute Gasteiger partial charge is 0.365 e. The van der Waals surface area contributed by atoms with Crippen molar-refractivity contribution in [1.82, 2.24) is 9.78 Å². The number of aromatic nitrogens is 2. The molecule has 0 atom stereocenters. The highest BCUT2D eigenvalue weighted by Crippen LogP contribution is 2.24. The van der Waals surface area contributed by atoms with Gasteiger partial charge in [0.05, 0.1) is 29.3 Å². The molecule has 0 saturated heterocycles. The van der Waals surface area contributed by atoms with Crippen molar-refractivity contribution in [2.45, 2.75) is 13.8 Å². The maximum absolute atomic E-state index is 12.7. The van der Waals surface area contributed by atoms with Crippen LogP contribution < -0.4 is 10.2 Å². The summed E-state index contributed by atoms with van der Waals surface area (Å²) in [6.45, 7) is 4.14. The Bertz CT molecular complexity index is 1160. The van der Waals surface area contributed by atoms with Crippen molar-refractivity contribution in [1.29, 1.82) is 0 Å². The highest BCUT2D eigenvalue weighted by Gasteiger charge is 2.16. The van der Waals surface area contributed by atoms with E-state index in [9.17, 15) is 4.79 Å². The molecule has 0 aliphatic rings. The molecule has 4 aromatic rings. The molecular formula is C24H24N4O. The van der Waals surface area contributed by atoms with Crippen LogP contribution in [-0.4, -0.2) is 29.3 Å². The smallest absolute Gasteiger partial charge is 0.243 e. The van der Waals surface area contributed by atoms with Crippen LogP contribution in [-0.2, 0) is 4.79 Å². The highest BCUT2D eigenvalue weighted by atomic mass is 16.2. The van der Waals surface area contributed by atoms with E-state index in [1.54, 1.807) is 0 Å². The first-order valence-corrected chi connectivity index (χ1v) is 9.64. The van der Waals surface area contributed by atoms with Gasteiger partial charge < -0.3 is 10.2 Å². The van der Waals surface area contributed by atoms with Crippen LogP contribution in [0.2, 0.25) is 0 Å². The molecule has 0 saturated carbocycles. The number of nitrogens with zero attached hydrogens (tertiary/aromatic N) is 3. The lowest BCUT2D eigenvalue weighted by Crippen LogP contribution is -2.30. The molecule has 0 spiro atoms. The molecule has 0 aliphatic carbocycles. The van der Waals surface area contributed by atoms with Crippen molar-refractivity contribution in [3.8, 4) is 5.69 Å². The number of aryl methyl sites for hydroxylation is 1. The third-order valence-electron chi connectivity index (χ3n) is 5.11. The van der Waals surface area contributed by atoms with Gasteiger partial charge in [0.1, 0.15) is 0 Å². The number of amides is 1. The Morgan fingerprint density at radius 2 is 1.66 bits per heavy atom. The summed E-state index contributed by atoms with van der Waals surface area (Å²) in [7, 11) is 1.93. The first-order valence-electron chi connectivity index (χ1n) is 9.64. The lowest BCUT2D eigenvalue weighted by Gasteiger charge is -2.19. The fraction of sp³-hybridized carbons (Fsp3) is 0.167. The van der Waals surface area contributed by atoms with Crippen LogP contribution in [0.5, 0.6) is 0 Å². The Balaban J connectivity index is 1.50. The molecule has 3 aromatic carbocycles. The number of anilines is 2. The Kier molecular flexibility index (Phi) is 5.04. The fourth-order valence-electron chi connectivity index (χ4n) is 3.54. The van der Waals surface area contributed by atoms with Crippen LogP contribution in [0.4, 0.5) is 11.4 Å². The van der Waals surface area contributed by atoms with E-state index in [-0.39, 0.29) is 12.5 Å². The maximum atomic E-state index is 12.7. The molecule has 1 N–H and O–H groups in total. The molecule has 1 heterocycles. The van der Waals surface area contributed by atoms with E-state index in [4.69, 9.17) is 0 Å². The number of carbonyl (C=O) groups is 1. The van der Waals surface area contributed by atoms with Gasteiger partial charge in [-0.1, -0.05) is 48.5 Å². The predicted molar refractivity (Wildman–Crippen MR) is 119 cm³/mol. The molecule has 1 amide bonds. The quantitative estimate of drug-likeness (QED) is 0.542. The van der Waals surface area contributed by atoms with E-state index >= 15 is 0 Å². The summed E-state index contributed by atoms with van der Waals surface area (Å²) < 4.78 is 1.86.